The van der Waals surface area contributed by atoms with E-state index in [-0.39, 0.29) is 17.2 Å². The maximum absolute atomic E-state index is 9.88. The second-order valence-corrected chi connectivity index (χ2v) is 3.50. The van der Waals surface area contributed by atoms with Crippen LogP contribution >= 0.6 is 0 Å². The molecule has 1 heterocycles. The predicted octanol–water partition coefficient (Wildman–Crippen LogP) is 1.77. The first-order chi connectivity index (χ1) is 8.24. The zero-order chi connectivity index (χ0) is 12.3. The van der Waals surface area contributed by atoms with E-state index in [1.807, 2.05) is 25.1 Å². The molecule has 4 heteroatoms. The average Bonchev–Trinajstić information content (AvgIpc) is 2.35. The SMILES string of the molecule is CCOc1c(O)ccc(O)c1-[n+]1ccccc1. The molecule has 2 aromatic rings. The highest BCUT2D eigenvalue weighted by atomic mass is 16.5. The van der Waals surface area contributed by atoms with Crippen molar-refractivity contribution in [3.05, 3.63) is 42.7 Å². The Morgan fingerprint density at radius 2 is 1.71 bits per heavy atom. The lowest BCUT2D eigenvalue weighted by Gasteiger charge is -2.08. The van der Waals surface area contributed by atoms with Gasteiger partial charge in [0.1, 0.15) is 0 Å². The van der Waals surface area contributed by atoms with Gasteiger partial charge in [0.15, 0.2) is 23.9 Å². The van der Waals surface area contributed by atoms with Gasteiger partial charge >= 0.3 is 0 Å². The molecule has 0 saturated heterocycles. The number of aromatic hydroxyl groups is 2. The second-order valence-electron chi connectivity index (χ2n) is 3.50. The van der Waals surface area contributed by atoms with Crippen LogP contribution in [0.2, 0.25) is 0 Å². The second kappa shape index (κ2) is 4.74. The first-order valence-electron chi connectivity index (χ1n) is 5.38. The van der Waals surface area contributed by atoms with Crippen molar-refractivity contribution in [2.75, 3.05) is 6.61 Å². The van der Waals surface area contributed by atoms with Gasteiger partial charge in [-0.25, -0.2) is 0 Å². The molecule has 0 radical (unpaired) electrons. The van der Waals surface area contributed by atoms with Crippen LogP contribution in [0.25, 0.3) is 5.69 Å². The van der Waals surface area contributed by atoms with E-state index >= 15 is 0 Å². The Bertz CT molecular complexity index is 512. The minimum absolute atomic E-state index is 0.0102. The molecule has 0 aliphatic rings. The number of hydrogen-bond acceptors (Lipinski definition) is 3. The number of phenolic OH excluding ortho intramolecular Hbond substituents is 2. The maximum atomic E-state index is 9.88. The lowest BCUT2D eigenvalue weighted by Crippen LogP contribution is -2.30. The highest BCUT2D eigenvalue weighted by molar-refractivity contribution is 5.58. The summed E-state index contributed by atoms with van der Waals surface area (Å²) in [7, 11) is 0. The van der Waals surface area contributed by atoms with E-state index in [0.29, 0.717) is 12.3 Å². The molecule has 0 bridgehead atoms. The summed E-state index contributed by atoms with van der Waals surface area (Å²) in [5.41, 5.74) is 0.437. The summed E-state index contributed by atoms with van der Waals surface area (Å²) in [4.78, 5) is 0. The Balaban J connectivity index is 2.63. The zero-order valence-corrected chi connectivity index (χ0v) is 9.50. The minimum Gasteiger partial charge on any atom is -0.504 e. The van der Waals surface area contributed by atoms with E-state index in [1.165, 1.54) is 12.1 Å². The highest BCUT2D eigenvalue weighted by Gasteiger charge is 2.22. The molecule has 0 atom stereocenters. The summed E-state index contributed by atoms with van der Waals surface area (Å²) in [6.45, 7) is 2.24. The molecule has 0 aliphatic heterocycles. The number of aromatic nitrogens is 1. The number of benzene rings is 1. The number of nitrogens with zero attached hydrogens (tertiary/aromatic N) is 1. The van der Waals surface area contributed by atoms with Crippen molar-refractivity contribution in [2.45, 2.75) is 6.92 Å². The summed E-state index contributed by atoms with van der Waals surface area (Å²) in [6, 6.07) is 8.38. The van der Waals surface area contributed by atoms with Crippen LogP contribution in [0.3, 0.4) is 0 Å². The Labute approximate surface area is 99.4 Å². The normalized spacial score (nSPS) is 10.2. The Kier molecular flexibility index (Phi) is 3.14. The van der Waals surface area contributed by atoms with Crippen LogP contribution in [-0.2, 0) is 0 Å². The molecule has 0 amide bonds. The summed E-state index contributed by atoms with van der Waals surface area (Å²) < 4.78 is 7.07. The Morgan fingerprint density at radius 3 is 2.35 bits per heavy atom. The molecule has 0 aliphatic carbocycles. The standard InChI is InChI=1S/C13H13NO3/c1-2-17-13-11(16)7-6-10(15)12(13)14-8-4-3-5-9-14/h3-9H,2H2,1H3,(H-,15,16)/p+1. The predicted molar refractivity (Wildman–Crippen MR) is 62.5 cm³/mol. The van der Waals surface area contributed by atoms with Crippen molar-refractivity contribution in [1.82, 2.24) is 0 Å². The molecule has 0 fully saturated rings. The largest absolute Gasteiger partial charge is 0.504 e. The van der Waals surface area contributed by atoms with Gasteiger partial charge in [0.2, 0.25) is 5.75 Å². The fraction of sp³-hybridized carbons (Fsp3) is 0.154. The van der Waals surface area contributed by atoms with E-state index in [2.05, 4.69) is 0 Å². The number of ether oxygens (including phenoxy) is 1. The van der Waals surface area contributed by atoms with E-state index < -0.39 is 0 Å². The zero-order valence-electron chi connectivity index (χ0n) is 9.50. The van der Waals surface area contributed by atoms with Crippen molar-refractivity contribution in [3.8, 4) is 22.9 Å². The van der Waals surface area contributed by atoms with E-state index in [9.17, 15) is 10.2 Å². The van der Waals surface area contributed by atoms with Gasteiger partial charge in [-0.2, -0.15) is 4.57 Å². The molecule has 0 saturated carbocycles. The summed E-state index contributed by atoms with van der Waals surface area (Å²) in [5.74, 6) is 0.349. The molecule has 2 N–H and O–H groups in total. The summed E-state index contributed by atoms with van der Waals surface area (Å²) in [6.07, 6.45) is 3.55. The van der Waals surface area contributed by atoms with Crippen LogP contribution in [0.4, 0.5) is 0 Å². The number of hydrogen-bond donors (Lipinski definition) is 2. The first-order valence-corrected chi connectivity index (χ1v) is 5.38. The highest BCUT2D eigenvalue weighted by Crippen LogP contribution is 2.36. The molecule has 1 aromatic heterocycles. The van der Waals surface area contributed by atoms with Gasteiger partial charge in [0, 0.05) is 12.1 Å². The van der Waals surface area contributed by atoms with E-state index in [4.69, 9.17) is 4.74 Å². The van der Waals surface area contributed by atoms with Gasteiger partial charge in [0.25, 0.3) is 5.69 Å². The molecular weight excluding hydrogens is 218 g/mol. The number of pyridine rings is 1. The molecule has 4 nitrogen and oxygen atoms in total. The van der Waals surface area contributed by atoms with Crippen LogP contribution < -0.4 is 9.30 Å². The van der Waals surface area contributed by atoms with Gasteiger partial charge < -0.3 is 14.9 Å². The smallest absolute Gasteiger partial charge is 0.298 e. The lowest BCUT2D eigenvalue weighted by atomic mass is 10.2. The van der Waals surface area contributed by atoms with Crippen LogP contribution in [0.15, 0.2) is 42.7 Å². The molecule has 1 aromatic carbocycles. The number of phenols is 2. The molecule has 0 unspecified atom stereocenters. The van der Waals surface area contributed by atoms with E-state index in [1.54, 1.807) is 17.0 Å². The third-order valence-corrected chi connectivity index (χ3v) is 2.35. The molecule has 88 valence electrons. The van der Waals surface area contributed by atoms with Crippen molar-refractivity contribution < 1.29 is 19.5 Å². The first kappa shape index (κ1) is 11.3. The monoisotopic (exact) mass is 232 g/mol. The van der Waals surface area contributed by atoms with Crippen LogP contribution in [0.1, 0.15) is 6.92 Å². The molecule has 2 rings (SSSR count). The van der Waals surface area contributed by atoms with Gasteiger partial charge in [0.05, 0.1) is 6.61 Å². The van der Waals surface area contributed by atoms with Gasteiger partial charge in [-0.1, -0.05) is 6.07 Å². The molecule has 17 heavy (non-hydrogen) atoms. The Morgan fingerprint density at radius 1 is 1.06 bits per heavy atom. The van der Waals surface area contributed by atoms with Gasteiger partial charge in [-0.15, -0.1) is 0 Å². The van der Waals surface area contributed by atoms with Crippen molar-refractivity contribution in [3.63, 3.8) is 0 Å². The number of rotatable bonds is 3. The lowest BCUT2D eigenvalue weighted by molar-refractivity contribution is -0.596. The van der Waals surface area contributed by atoms with E-state index in [0.717, 1.165) is 0 Å². The average molecular weight is 232 g/mol. The Hall–Kier alpha value is -2.23. The third kappa shape index (κ3) is 2.15. The van der Waals surface area contributed by atoms with Gasteiger partial charge in [-0.3, -0.25) is 0 Å². The van der Waals surface area contributed by atoms with Crippen LogP contribution in [0, 0.1) is 0 Å². The maximum Gasteiger partial charge on any atom is 0.298 e. The van der Waals surface area contributed by atoms with Crippen molar-refractivity contribution in [1.29, 1.82) is 0 Å². The fourth-order valence-electron chi connectivity index (χ4n) is 1.63. The van der Waals surface area contributed by atoms with Gasteiger partial charge in [-0.05, 0) is 19.1 Å². The fourth-order valence-corrected chi connectivity index (χ4v) is 1.63. The van der Waals surface area contributed by atoms with Crippen molar-refractivity contribution >= 4 is 0 Å². The topological polar surface area (TPSA) is 53.6 Å². The van der Waals surface area contributed by atoms with Crippen LogP contribution in [-0.4, -0.2) is 16.8 Å². The van der Waals surface area contributed by atoms with Crippen molar-refractivity contribution in [2.24, 2.45) is 0 Å². The quantitative estimate of drug-likeness (QED) is 0.626. The summed E-state index contributed by atoms with van der Waals surface area (Å²) >= 11 is 0. The third-order valence-electron chi connectivity index (χ3n) is 2.35. The minimum atomic E-state index is 0.0102. The summed E-state index contributed by atoms with van der Waals surface area (Å²) in [5, 5.41) is 19.6. The molecule has 0 spiro atoms. The van der Waals surface area contributed by atoms with Crippen LogP contribution in [0.5, 0.6) is 17.2 Å². The molecular formula is C13H14NO3+.